The maximum atomic E-state index is 13.7. The summed E-state index contributed by atoms with van der Waals surface area (Å²) in [5.41, 5.74) is 0.972. The summed E-state index contributed by atoms with van der Waals surface area (Å²) in [5, 5.41) is 20.0. The van der Waals surface area contributed by atoms with Crippen LogP contribution in [0.2, 0.25) is 0 Å². The lowest BCUT2D eigenvalue weighted by Crippen LogP contribution is -2.48. The summed E-state index contributed by atoms with van der Waals surface area (Å²) in [7, 11) is -3.65. The highest BCUT2D eigenvalue weighted by atomic mass is 127. The Labute approximate surface area is 214 Å². The number of aliphatic hydroxyl groups excluding tert-OH is 1. The molecule has 1 heterocycles. The number of hydrogen-bond donors (Lipinski definition) is 4. The Morgan fingerprint density at radius 3 is 2.51 bits per heavy atom. The molecule has 0 saturated carbocycles. The molecular weight excluding hydrogens is 597 g/mol. The van der Waals surface area contributed by atoms with Crippen molar-refractivity contribution in [2.24, 2.45) is 0 Å². The Morgan fingerprint density at radius 1 is 1.14 bits per heavy atom. The van der Waals surface area contributed by atoms with Gasteiger partial charge in [-0.25, -0.2) is 17.2 Å². The molecule has 13 heteroatoms. The van der Waals surface area contributed by atoms with Crippen molar-refractivity contribution in [1.82, 2.24) is 15.8 Å². The number of benzene rings is 2. The first-order valence-corrected chi connectivity index (χ1v) is 13.3. The van der Waals surface area contributed by atoms with Crippen molar-refractivity contribution in [1.29, 1.82) is 0 Å². The molecule has 3 rings (SSSR count). The zero-order chi connectivity index (χ0) is 25.6. The minimum atomic E-state index is -3.65. The fraction of sp³-hybridized carbons (Fsp3) is 0.273. The first-order chi connectivity index (χ1) is 16.5. The Morgan fingerprint density at radius 2 is 1.86 bits per heavy atom. The van der Waals surface area contributed by atoms with Crippen LogP contribution in [0.3, 0.4) is 0 Å². The van der Waals surface area contributed by atoms with Gasteiger partial charge >= 0.3 is 0 Å². The molecule has 0 saturated heterocycles. The number of amides is 1. The molecule has 4 N–H and O–H groups in total. The summed E-state index contributed by atoms with van der Waals surface area (Å²) in [5.74, 6) is -2.61. The maximum Gasteiger partial charge on any atom is 0.273 e. The van der Waals surface area contributed by atoms with Crippen LogP contribution in [0.15, 0.2) is 53.1 Å². The van der Waals surface area contributed by atoms with Crippen molar-refractivity contribution in [3.63, 3.8) is 0 Å². The molecule has 3 aromatic rings. The van der Waals surface area contributed by atoms with E-state index in [4.69, 9.17) is 4.52 Å². The molecule has 35 heavy (non-hydrogen) atoms. The van der Waals surface area contributed by atoms with E-state index in [9.17, 15) is 27.1 Å². The lowest BCUT2D eigenvalue weighted by molar-refractivity contribution is 0.0821. The molecule has 1 aromatic heterocycles. The molecular formula is C22H23F2IN4O5S. The number of carbonyl (C=O) groups excluding carboxylic acids is 1. The van der Waals surface area contributed by atoms with Gasteiger partial charge in [0.15, 0.2) is 5.69 Å². The maximum absolute atomic E-state index is 13.7. The Hall–Kier alpha value is -2.62. The highest BCUT2D eigenvalue weighted by Crippen LogP contribution is 2.15. The van der Waals surface area contributed by atoms with Crippen LogP contribution in [0.5, 0.6) is 0 Å². The molecule has 0 bridgehead atoms. The van der Waals surface area contributed by atoms with E-state index in [-0.39, 0.29) is 30.1 Å². The number of carbonyl (C=O) groups is 1. The van der Waals surface area contributed by atoms with E-state index < -0.39 is 39.7 Å². The number of sulfonamides is 1. The third kappa shape index (κ3) is 8.83. The number of aromatic nitrogens is 1. The summed E-state index contributed by atoms with van der Waals surface area (Å²) < 4.78 is 57.9. The van der Waals surface area contributed by atoms with Crippen LogP contribution in [0.25, 0.3) is 0 Å². The fourth-order valence-corrected chi connectivity index (χ4v) is 4.34. The van der Waals surface area contributed by atoms with Crippen LogP contribution in [0.4, 0.5) is 14.7 Å². The number of nitrogens with zero attached hydrogens (tertiary/aromatic N) is 1. The van der Waals surface area contributed by atoms with Crippen molar-refractivity contribution in [3.8, 4) is 0 Å². The Balaban J connectivity index is 1.71. The second-order valence-electron chi connectivity index (χ2n) is 7.84. The van der Waals surface area contributed by atoms with Crippen molar-refractivity contribution in [2.45, 2.75) is 25.1 Å². The van der Waals surface area contributed by atoms with Gasteiger partial charge in [0.1, 0.15) is 11.6 Å². The predicted octanol–water partition coefficient (Wildman–Crippen LogP) is 2.42. The molecule has 0 radical (unpaired) electrons. The molecule has 0 unspecified atom stereocenters. The summed E-state index contributed by atoms with van der Waals surface area (Å²) >= 11 is 2.19. The zero-order valence-electron chi connectivity index (χ0n) is 18.5. The number of nitrogens with one attached hydrogen (secondary N) is 3. The topological polar surface area (TPSA) is 134 Å². The van der Waals surface area contributed by atoms with Crippen LogP contribution < -0.4 is 15.4 Å². The molecule has 0 aliphatic carbocycles. The van der Waals surface area contributed by atoms with Gasteiger partial charge in [-0.3, -0.25) is 9.52 Å². The van der Waals surface area contributed by atoms with Gasteiger partial charge in [-0.15, -0.1) is 0 Å². The average Bonchev–Trinajstić information content (AvgIpc) is 3.19. The van der Waals surface area contributed by atoms with Gasteiger partial charge in [0.05, 0.1) is 18.4 Å². The van der Waals surface area contributed by atoms with Crippen LogP contribution in [0.1, 0.15) is 21.6 Å². The first-order valence-electron chi connectivity index (χ1n) is 10.3. The lowest BCUT2D eigenvalue weighted by Gasteiger charge is -2.24. The highest BCUT2D eigenvalue weighted by molar-refractivity contribution is 14.1. The third-order valence-electron chi connectivity index (χ3n) is 4.76. The van der Waals surface area contributed by atoms with Gasteiger partial charge in [-0.05, 0) is 64.4 Å². The van der Waals surface area contributed by atoms with Gasteiger partial charge in [-0.1, -0.05) is 17.3 Å². The minimum absolute atomic E-state index is 0.0634. The van der Waals surface area contributed by atoms with Gasteiger partial charge in [0.2, 0.25) is 15.9 Å². The number of rotatable bonds is 11. The third-order valence-corrected chi connectivity index (χ3v) is 6.00. The molecule has 1 amide bonds. The first kappa shape index (κ1) is 27.0. The quantitative estimate of drug-likeness (QED) is 0.242. The Bertz CT molecular complexity index is 1270. The summed E-state index contributed by atoms with van der Waals surface area (Å²) in [6.07, 6.45) is -0.323. The Kier molecular flexibility index (Phi) is 9.15. The van der Waals surface area contributed by atoms with Gasteiger partial charge in [0.25, 0.3) is 5.91 Å². The summed E-state index contributed by atoms with van der Waals surface area (Å²) in [6.45, 7) is 0.515. The monoisotopic (exact) mass is 620 g/mol. The lowest BCUT2D eigenvalue weighted by atomic mass is 10.0. The second kappa shape index (κ2) is 11.9. The molecule has 0 fully saturated rings. The summed E-state index contributed by atoms with van der Waals surface area (Å²) in [4.78, 5) is 12.7. The fourth-order valence-electron chi connectivity index (χ4n) is 3.27. The molecule has 9 nitrogen and oxygen atoms in total. The van der Waals surface area contributed by atoms with Crippen molar-refractivity contribution in [2.75, 3.05) is 17.5 Å². The molecule has 0 aliphatic rings. The van der Waals surface area contributed by atoms with Crippen molar-refractivity contribution in [3.05, 3.63) is 80.6 Å². The van der Waals surface area contributed by atoms with Crippen LogP contribution >= 0.6 is 22.6 Å². The van der Waals surface area contributed by atoms with E-state index in [1.54, 1.807) is 0 Å². The molecule has 0 spiro atoms. The van der Waals surface area contributed by atoms with Crippen LogP contribution in [-0.2, 0) is 23.0 Å². The van der Waals surface area contributed by atoms with E-state index >= 15 is 0 Å². The number of halogens is 3. The molecule has 0 aliphatic heterocycles. The normalized spacial score (nSPS) is 13.3. The summed E-state index contributed by atoms with van der Waals surface area (Å²) in [6, 6.07) is 10.8. The SMILES string of the molecule is CS(=O)(=O)Nc1cc(C(=O)N[C@@H](Cc2cc(F)cc(F)c2)[C@@H](O)CNCc2cccc(I)c2)no1. The van der Waals surface area contributed by atoms with Crippen LogP contribution in [-0.4, -0.2) is 49.5 Å². The van der Waals surface area contributed by atoms with E-state index in [0.29, 0.717) is 6.54 Å². The number of hydrogen-bond acceptors (Lipinski definition) is 7. The van der Waals surface area contributed by atoms with Gasteiger partial charge in [0, 0.05) is 28.8 Å². The molecule has 2 atom stereocenters. The predicted molar refractivity (Wildman–Crippen MR) is 133 cm³/mol. The number of anilines is 1. The van der Waals surface area contributed by atoms with Crippen molar-refractivity contribution < 1.29 is 31.6 Å². The standard InChI is InChI=1S/C22H23F2IN4O5S/c1-35(32,33)29-21-10-19(28-34-21)22(31)27-18(8-14-5-15(23)9-16(24)6-14)20(30)12-26-11-13-3-2-4-17(25)7-13/h2-7,9-10,18,20,26,29-30H,8,11-12H2,1H3,(H,27,31)/t18-,20-/m0/s1. The highest BCUT2D eigenvalue weighted by Gasteiger charge is 2.25. The molecule has 2 aromatic carbocycles. The van der Waals surface area contributed by atoms with Crippen LogP contribution in [0, 0.1) is 15.2 Å². The largest absolute Gasteiger partial charge is 0.390 e. The van der Waals surface area contributed by atoms with E-state index in [0.717, 1.165) is 39.7 Å². The average molecular weight is 620 g/mol. The van der Waals surface area contributed by atoms with E-state index in [1.807, 2.05) is 24.3 Å². The number of aliphatic hydroxyl groups is 1. The zero-order valence-corrected chi connectivity index (χ0v) is 21.4. The van der Waals surface area contributed by atoms with E-state index in [2.05, 4.69) is 43.1 Å². The molecule has 188 valence electrons. The second-order valence-corrected chi connectivity index (χ2v) is 10.8. The minimum Gasteiger partial charge on any atom is -0.390 e. The van der Waals surface area contributed by atoms with Gasteiger partial charge in [-0.2, -0.15) is 0 Å². The van der Waals surface area contributed by atoms with E-state index in [1.165, 1.54) is 0 Å². The smallest absolute Gasteiger partial charge is 0.273 e. The van der Waals surface area contributed by atoms with Gasteiger partial charge < -0.3 is 20.3 Å². The van der Waals surface area contributed by atoms with Crippen molar-refractivity contribution >= 4 is 44.4 Å².